The van der Waals surface area contributed by atoms with Crippen molar-refractivity contribution in [1.82, 2.24) is 4.98 Å². The second-order valence-corrected chi connectivity index (χ2v) is 3.77. The van der Waals surface area contributed by atoms with Gasteiger partial charge >= 0.3 is 5.97 Å². The number of oxazole rings is 1. The van der Waals surface area contributed by atoms with Crippen molar-refractivity contribution < 1.29 is 19.1 Å². The minimum atomic E-state index is -1.10. The summed E-state index contributed by atoms with van der Waals surface area (Å²) < 4.78 is 10.2. The molecule has 1 aromatic heterocycles. The Bertz CT molecular complexity index is 547. The molecule has 1 aromatic carbocycles. The lowest BCUT2D eigenvalue weighted by Crippen LogP contribution is -1.93. The molecule has 0 aliphatic heterocycles. The number of methoxy groups -OCH3 is 1. The van der Waals surface area contributed by atoms with Crippen molar-refractivity contribution in [2.45, 2.75) is 12.8 Å². The Labute approximate surface area is 104 Å². The molecule has 0 saturated carbocycles. The van der Waals surface area contributed by atoms with Gasteiger partial charge in [-0.25, -0.2) is 9.78 Å². The Hall–Kier alpha value is -2.30. The SMILES string of the molecule is COc1cccc(CCc2ncc(C(=O)O)o2)c1. The first-order valence-corrected chi connectivity index (χ1v) is 5.50. The van der Waals surface area contributed by atoms with Crippen LogP contribution < -0.4 is 4.74 Å². The van der Waals surface area contributed by atoms with Crippen LogP contribution >= 0.6 is 0 Å². The number of benzene rings is 1. The standard InChI is InChI=1S/C13H13NO4/c1-17-10-4-2-3-9(7-10)5-6-12-14-8-11(18-12)13(15)16/h2-4,7-8H,5-6H2,1H3,(H,15,16). The number of ether oxygens (including phenoxy) is 1. The lowest BCUT2D eigenvalue weighted by atomic mass is 10.1. The monoisotopic (exact) mass is 247 g/mol. The fourth-order valence-electron chi connectivity index (χ4n) is 1.60. The van der Waals surface area contributed by atoms with E-state index in [1.54, 1.807) is 7.11 Å². The van der Waals surface area contributed by atoms with Crippen molar-refractivity contribution in [2.24, 2.45) is 0 Å². The molecule has 0 spiro atoms. The molecule has 94 valence electrons. The van der Waals surface area contributed by atoms with E-state index in [9.17, 15) is 4.79 Å². The average molecular weight is 247 g/mol. The molecule has 0 aliphatic rings. The predicted octanol–water partition coefficient (Wildman–Crippen LogP) is 2.17. The quantitative estimate of drug-likeness (QED) is 0.876. The molecule has 0 radical (unpaired) electrons. The Kier molecular flexibility index (Phi) is 3.62. The molecular formula is C13H13NO4. The van der Waals surface area contributed by atoms with Crippen LogP contribution in [0.5, 0.6) is 5.75 Å². The topological polar surface area (TPSA) is 72.6 Å². The van der Waals surface area contributed by atoms with Gasteiger partial charge < -0.3 is 14.3 Å². The van der Waals surface area contributed by atoms with Crippen LogP contribution in [0, 0.1) is 0 Å². The number of carboxylic acids is 1. The first-order chi connectivity index (χ1) is 8.69. The molecule has 0 saturated heterocycles. The minimum Gasteiger partial charge on any atom is -0.497 e. The molecule has 0 atom stereocenters. The predicted molar refractivity (Wildman–Crippen MR) is 63.9 cm³/mol. The number of rotatable bonds is 5. The highest BCUT2D eigenvalue weighted by atomic mass is 16.5. The molecule has 0 fully saturated rings. The lowest BCUT2D eigenvalue weighted by Gasteiger charge is -2.02. The number of aromatic carboxylic acids is 1. The summed E-state index contributed by atoms with van der Waals surface area (Å²) in [6.45, 7) is 0. The molecule has 5 heteroatoms. The van der Waals surface area contributed by atoms with Crippen LogP contribution in [0.4, 0.5) is 0 Å². The van der Waals surface area contributed by atoms with Gasteiger partial charge in [0.15, 0.2) is 5.89 Å². The van der Waals surface area contributed by atoms with Crippen molar-refractivity contribution in [3.8, 4) is 5.75 Å². The van der Waals surface area contributed by atoms with Crippen molar-refractivity contribution in [1.29, 1.82) is 0 Å². The summed E-state index contributed by atoms with van der Waals surface area (Å²) in [6, 6.07) is 7.69. The summed E-state index contributed by atoms with van der Waals surface area (Å²) in [7, 11) is 1.62. The number of hydrogen-bond acceptors (Lipinski definition) is 4. The highest BCUT2D eigenvalue weighted by molar-refractivity contribution is 5.83. The van der Waals surface area contributed by atoms with Crippen LogP contribution in [0.1, 0.15) is 22.0 Å². The first kappa shape index (κ1) is 12.2. The summed E-state index contributed by atoms with van der Waals surface area (Å²) in [5.41, 5.74) is 1.09. The maximum atomic E-state index is 10.6. The summed E-state index contributed by atoms with van der Waals surface area (Å²) in [5.74, 6) is -0.00729. The number of hydrogen-bond donors (Lipinski definition) is 1. The van der Waals surface area contributed by atoms with Gasteiger partial charge in [-0.05, 0) is 24.1 Å². The molecule has 2 aromatic rings. The highest BCUT2D eigenvalue weighted by Crippen LogP contribution is 2.14. The summed E-state index contributed by atoms with van der Waals surface area (Å²) in [5, 5.41) is 8.70. The number of aryl methyl sites for hydroxylation is 2. The average Bonchev–Trinajstić information content (AvgIpc) is 2.85. The van der Waals surface area contributed by atoms with E-state index in [0.717, 1.165) is 17.7 Å². The van der Waals surface area contributed by atoms with Gasteiger partial charge in [-0.15, -0.1) is 0 Å². The van der Waals surface area contributed by atoms with Gasteiger partial charge in [-0.3, -0.25) is 0 Å². The Balaban J connectivity index is 1.99. The third kappa shape index (κ3) is 2.88. The van der Waals surface area contributed by atoms with Gasteiger partial charge in [0.2, 0.25) is 5.76 Å². The van der Waals surface area contributed by atoms with Crippen molar-refractivity contribution >= 4 is 5.97 Å². The zero-order chi connectivity index (χ0) is 13.0. The summed E-state index contributed by atoms with van der Waals surface area (Å²) >= 11 is 0. The number of carboxylic acid groups (broad SMARTS) is 1. The largest absolute Gasteiger partial charge is 0.497 e. The number of nitrogens with zero attached hydrogens (tertiary/aromatic N) is 1. The molecule has 0 bridgehead atoms. The smallest absolute Gasteiger partial charge is 0.373 e. The van der Waals surface area contributed by atoms with E-state index in [4.69, 9.17) is 14.3 Å². The van der Waals surface area contributed by atoms with E-state index in [1.807, 2.05) is 24.3 Å². The minimum absolute atomic E-state index is 0.129. The van der Waals surface area contributed by atoms with Gasteiger partial charge in [0.25, 0.3) is 0 Å². The molecule has 5 nitrogen and oxygen atoms in total. The van der Waals surface area contributed by atoms with E-state index in [0.29, 0.717) is 12.3 Å². The van der Waals surface area contributed by atoms with Crippen molar-refractivity contribution in [2.75, 3.05) is 7.11 Å². The Morgan fingerprint density at radius 3 is 2.94 bits per heavy atom. The van der Waals surface area contributed by atoms with Crippen molar-refractivity contribution in [3.05, 3.63) is 47.7 Å². The zero-order valence-corrected chi connectivity index (χ0v) is 9.92. The molecule has 0 amide bonds. The van der Waals surface area contributed by atoms with Crippen LogP contribution in [-0.4, -0.2) is 23.2 Å². The van der Waals surface area contributed by atoms with Crippen LogP contribution in [0.3, 0.4) is 0 Å². The van der Waals surface area contributed by atoms with E-state index in [-0.39, 0.29) is 5.76 Å². The van der Waals surface area contributed by atoms with Crippen molar-refractivity contribution in [3.63, 3.8) is 0 Å². The van der Waals surface area contributed by atoms with E-state index < -0.39 is 5.97 Å². The van der Waals surface area contributed by atoms with Crippen LogP contribution in [-0.2, 0) is 12.8 Å². The molecule has 0 aliphatic carbocycles. The Morgan fingerprint density at radius 2 is 2.28 bits per heavy atom. The maximum Gasteiger partial charge on any atom is 0.373 e. The number of aromatic nitrogens is 1. The highest BCUT2D eigenvalue weighted by Gasteiger charge is 2.10. The normalized spacial score (nSPS) is 10.3. The third-order valence-electron chi connectivity index (χ3n) is 2.53. The molecule has 2 rings (SSSR count). The van der Waals surface area contributed by atoms with Crippen LogP contribution in [0.15, 0.2) is 34.9 Å². The first-order valence-electron chi connectivity index (χ1n) is 5.50. The molecule has 18 heavy (non-hydrogen) atoms. The van der Waals surface area contributed by atoms with Crippen LogP contribution in [0.25, 0.3) is 0 Å². The van der Waals surface area contributed by atoms with Gasteiger partial charge in [0, 0.05) is 6.42 Å². The second kappa shape index (κ2) is 5.35. The van der Waals surface area contributed by atoms with Gasteiger partial charge in [-0.2, -0.15) is 0 Å². The van der Waals surface area contributed by atoms with Gasteiger partial charge in [0.1, 0.15) is 5.75 Å². The third-order valence-corrected chi connectivity index (χ3v) is 2.53. The van der Waals surface area contributed by atoms with Gasteiger partial charge in [-0.1, -0.05) is 12.1 Å². The summed E-state index contributed by atoms with van der Waals surface area (Å²) in [6.07, 6.45) is 2.50. The summed E-state index contributed by atoms with van der Waals surface area (Å²) in [4.78, 5) is 14.5. The van der Waals surface area contributed by atoms with E-state index in [2.05, 4.69) is 4.98 Å². The van der Waals surface area contributed by atoms with Crippen LogP contribution in [0.2, 0.25) is 0 Å². The fourth-order valence-corrected chi connectivity index (χ4v) is 1.60. The molecule has 1 N–H and O–H groups in total. The Morgan fingerprint density at radius 1 is 1.44 bits per heavy atom. The lowest BCUT2D eigenvalue weighted by molar-refractivity contribution is 0.0660. The second-order valence-electron chi connectivity index (χ2n) is 3.77. The van der Waals surface area contributed by atoms with Gasteiger partial charge in [0.05, 0.1) is 13.3 Å². The van der Waals surface area contributed by atoms with E-state index in [1.165, 1.54) is 6.20 Å². The molecule has 0 unspecified atom stereocenters. The fraction of sp³-hybridized carbons (Fsp3) is 0.231. The molecule has 1 heterocycles. The van der Waals surface area contributed by atoms with E-state index >= 15 is 0 Å². The molecular weight excluding hydrogens is 234 g/mol. The number of carbonyl (C=O) groups is 1. The zero-order valence-electron chi connectivity index (χ0n) is 9.92. The maximum absolute atomic E-state index is 10.6.